The minimum atomic E-state index is 0.0270. The zero-order valence-electron chi connectivity index (χ0n) is 12.3. The fourth-order valence-electron chi connectivity index (χ4n) is 2.32. The molecule has 0 saturated carbocycles. The molecule has 2 rings (SSSR count). The molecule has 0 amide bonds. The average molecular weight is 300 g/mol. The SMILES string of the molecule is COc1ncc(Cl)c(N2CCN(C(C)(C)CN)CC2)n1. The van der Waals surface area contributed by atoms with Crippen molar-refractivity contribution < 1.29 is 4.74 Å². The molecule has 0 bridgehead atoms. The highest BCUT2D eigenvalue weighted by atomic mass is 35.5. The summed E-state index contributed by atoms with van der Waals surface area (Å²) in [7, 11) is 1.55. The maximum absolute atomic E-state index is 6.18. The molecule has 0 spiro atoms. The predicted molar refractivity (Wildman–Crippen MR) is 80.5 cm³/mol. The summed E-state index contributed by atoms with van der Waals surface area (Å²) >= 11 is 6.18. The second-order valence-electron chi connectivity index (χ2n) is 5.52. The van der Waals surface area contributed by atoms with Crippen LogP contribution in [-0.2, 0) is 0 Å². The molecule has 1 saturated heterocycles. The van der Waals surface area contributed by atoms with Crippen LogP contribution in [0.4, 0.5) is 5.82 Å². The Bertz CT molecular complexity index is 460. The number of hydrogen-bond acceptors (Lipinski definition) is 6. The van der Waals surface area contributed by atoms with Crippen molar-refractivity contribution in [3.63, 3.8) is 0 Å². The Labute approximate surface area is 124 Å². The van der Waals surface area contributed by atoms with Crippen molar-refractivity contribution in [3.8, 4) is 6.01 Å². The van der Waals surface area contributed by atoms with Gasteiger partial charge in [0.25, 0.3) is 0 Å². The summed E-state index contributed by atoms with van der Waals surface area (Å²) < 4.78 is 5.06. The highest BCUT2D eigenvalue weighted by Crippen LogP contribution is 2.26. The molecule has 2 N–H and O–H groups in total. The van der Waals surface area contributed by atoms with Crippen LogP contribution in [0.3, 0.4) is 0 Å². The van der Waals surface area contributed by atoms with Gasteiger partial charge in [0.05, 0.1) is 13.3 Å². The van der Waals surface area contributed by atoms with Gasteiger partial charge in [-0.1, -0.05) is 11.6 Å². The Morgan fingerprint density at radius 1 is 1.35 bits per heavy atom. The smallest absolute Gasteiger partial charge is 0.318 e. The quantitative estimate of drug-likeness (QED) is 0.894. The van der Waals surface area contributed by atoms with Crippen molar-refractivity contribution in [2.75, 3.05) is 44.7 Å². The Hall–Kier alpha value is -1.11. The van der Waals surface area contributed by atoms with Gasteiger partial charge in [0.2, 0.25) is 0 Å². The molecule has 1 aliphatic heterocycles. The lowest BCUT2D eigenvalue weighted by Gasteiger charge is -2.43. The molecule has 1 fully saturated rings. The molecule has 2 heterocycles. The molecule has 0 radical (unpaired) electrons. The Kier molecular flexibility index (Phi) is 4.67. The van der Waals surface area contributed by atoms with Gasteiger partial charge in [-0.15, -0.1) is 0 Å². The number of methoxy groups -OCH3 is 1. The van der Waals surface area contributed by atoms with Gasteiger partial charge in [-0.2, -0.15) is 4.98 Å². The first-order valence-corrected chi connectivity index (χ1v) is 7.12. The molecule has 0 atom stereocenters. The van der Waals surface area contributed by atoms with E-state index in [0.717, 1.165) is 32.0 Å². The van der Waals surface area contributed by atoms with Gasteiger partial charge in [-0.05, 0) is 13.8 Å². The first-order chi connectivity index (χ1) is 9.47. The van der Waals surface area contributed by atoms with Gasteiger partial charge in [-0.25, -0.2) is 4.98 Å². The highest BCUT2D eigenvalue weighted by molar-refractivity contribution is 6.32. The van der Waals surface area contributed by atoms with E-state index in [0.29, 0.717) is 17.6 Å². The molecule has 0 unspecified atom stereocenters. The zero-order chi connectivity index (χ0) is 14.8. The van der Waals surface area contributed by atoms with E-state index in [2.05, 4.69) is 33.6 Å². The number of halogens is 1. The number of nitrogens with zero attached hydrogens (tertiary/aromatic N) is 4. The van der Waals surface area contributed by atoms with Gasteiger partial charge in [0, 0.05) is 38.3 Å². The predicted octanol–water partition coefficient (Wildman–Crippen LogP) is 0.998. The van der Waals surface area contributed by atoms with Crippen LogP contribution in [0, 0.1) is 0 Å². The fraction of sp³-hybridized carbons (Fsp3) is 0.692. The third-order valence-electron chi connectivity index (χ3n) is 3.82. The molecule has 1 aromatic heterocycles. The molecule has 0 aliphatic carbocycles. The summed E-state index contributed by atoms with van der Waals surface area (Å²) in [5, 5.41) is 0.553. The summed E-state index contributed by atoms with van der Waals surface area (Å²) in [5.74, 6) is 0.740. The van der Waals surface area contributed by atoms with Crippen LogP contribution >= 0.6 is 11.6 Å². The lowest BCUT2D eigenvalue weighted by molar-refractivity contribution is 0.119. The second-order valence-corrected chi connectivity index (χ2v) is 5.93. The minimum absolute atomic E-state index is 0.0270. The van der Waals surface area contributed by atoms with Gasteiger partial charge < -0.3 is 15.4 Å². The summed E-state index contributed by atoms with van der Waals surface area (Å²) in [5.41, 5.74) is 5.86. The molecule has 1 aromatic rings. The van der Waals surface area contributed by atoms with Crippen molar-refractivity contribution >= 4 is 17.4 Å². The van der Waals surface area contributed by atoms with Gasteiger partial charge >= 0.3 is 6.01 Å². The Balaban J connectivity index is 2.07. The number of nitrogens with two attached hydrogens (primary N) is 1. The number of ether oxygens (including phenoxy) is 1. The van der Waals surface area contributed by atoms with Crippen molar-refractivity contribution in [1.82, 2.24) is 14.9 Å². The van der Waals surface area contributed by atoms with E-state index < -0.39 is 0 Å². The number of piperazine rings is 1. The molecule has 0 aromatic carbocycles. The maximum atomic E-state index is 6.18. The average Bonchev–Trinajstić information content (AvgIpc) is 2.48. The zero-order valence-corrected chi connectivity index (χ0v) is 13.0. The van der Waals surface area contributed by atoms with Gasteiger partial charge in [-0.3, -0.25) is 4.90 Å². The lowest BCUT2D eigenvalue weighted by Crippen LogP contribution is -2.57. The minimum Gasteiger partial charge on any atom is -0.467 e. The van der Waals surface area contributed by atoms with E-state index in [4.69, 9.17) is 22.1 Å². The molecule has 20 heavy (non-hydrogen) atoms. The third kappa shape index (κ3) is 3.13. The largest absolute Gasteiger partial charge is 0.467 e. The monoisotopic (exact) mass is 299 g/mol. The number of rotatable bonds is 4. The Morgan fingerprint density at radius 3 is 2.55 bits per heavy atom. The van der Waals surface area contributed by atoms with Crippen LogP contribution in [0.25, 0.3) is 0 Å². The number of anilines is 1. The molecular weight excluding hydrogens is 278 g/mol. The summed E-state index contributed by atoms with van der Waals surface area (Å²) in [4.78, 5) is 12.9. The van der Waals surface area contributed by atoms with E-state index in [1.807, 2.05) is 0 Å². The summed E-state index contributed by atoms with van der Waals surface area (Å²) in [6, 6.07) is 0.342. The molecular formula is C13H22ClN5O. The van der Waals surface area contributed by atoms with Crippen LogP contribution in [0.2, 0.25) is 5.02 Å². The van der Waals surface area contributed by atoms with Crippen LogP contribution in [0.15, 0.2) is 6.20 Å². The van der Waals surface area contributed by atoms with Crippen molar-refractivity contribution in [2.45, 2.75) is 19.4 Å². The highest BCUT2D eigenvalue weighted by Gasteiger charge is 2.29. The first-order valence-electron chi connectivity index (χ1n) is 6.74. The topological polar surface area (TPSA) is 67.5 Å². The lowest BCUT2D eigenvalue weighted by atomic mass is 10.0. The van der Waals surface area contributed by atoms with Crippen LogP contribution in [-0.4, -0.2) is 60.2 Å². The molecule has 112 valence electrons. The van der Waals surface area contributed by atoms with E-state index >= 15 is 0 Å². The number of aromatic nitrogens is 2. The molecule has 7 heteroatoms. The Morgan fingerprint density at radius 2 is 2.00 bits per heavy atom. The van der Waals surface area contributed by atoms with Crippen LogP contribution in [0.1, 0.15) is 13.8 Å². The van der Waals surface area contributed by atoms with E-state index in [1.165, 1.54) is 0 Å². The second kappa shape index (κ2) is 6.11. The van der Waals surface area contributed by atoms with E-state index in [-0.39, 0.29) is 5.54 Å². The van der Waals surface area contributed by atoms with E-state index in [9.17, 15) is 0 Å². The molecule has 1 aliphatic rings. The first kappa shape index (κ1) is 15.3. The number of hydrogen-bond donors (Lipinski definition) is 1. The summed E-state index contributed by atoms with van der Waals surface area (Å²) in [6.45, 7) is 8.59. The van der Waals surface area contributed by atoms with E-state index in [1.54, 1.807) is 13.3 Å². The fourth-order valence-corrected chi connectivity index (χ4v) is 2.53. The van der Waals surface area contributed by atoms with Crippen LogP contribution < -0.4 is 15.4 Å². The molecule has 6 nitrogen and oxygen atoms in total. The summed E-state index contributed by atoms with van der Waals surface area (Å²) in [6.07, 6.45) is 1.58. The van der Waals surface area contributed by atoms with Crippen molar-refractivity contribution in [3.05, 3.63) is 11.2 Å². The standard InChI is InChI=1S/C13H22ClN5O/c1-13(2,9-15)19-6-4-18(5-7-19)11-10(14)8-16-12(17-11)20-3/h8H,4-7,9,15H2,1-3H3. The van der Waals surface area contributed by atoms with Crippen LogP contribution in [0.5, 0.6) is 6.01 Å². The van der Waals surface area contributed by atoms with Gasteiger partial charge in [0.15, 0.2) is 5.82 Å². The normalized spacial score (nSPS) is 17.4. The third-order valence-corrected chi connectivity index (χ3v) is 4.09. The maximum Gasteiger partial charge on any atom is 0.318 e. The van der Waals surface area contributed by atoms with Crippen molar-refractivity contribution in [2.24, 2.45) is 5.73 Å². The van der Waals surface area contributed by atoms with Gasteiger partial charge in [0.1, 0.15) is 5.02 Å². The van der Waals surface area contributed by atoms with Crippen molar-refractivity contribution in [1.29, 1.82) is 0 Å².